The second kappa shape index (κ2) is 5.76. The topological polar surface area (TPSA) is 35.2 Å². The molecule has 0 fully saturated rings. The van der Waals surface area contributed by atoms with Crippen molar-refractivity contribution < 1.29 is 4.74 Å². The number of aryl methyl sites for hydroxylation is 1. The molecule has 2 N–H and O–H groups in total. The molecule has 0 aliphatic heterocycles. The summed E-state index contributed by atoms with van der Waals surface area (Å²) in [6, 6.07) is 6.58. The van der Waals surface area contributed by atoms with Crippen molar-refractivity contribution in [3.63, 3.8) is 0 Å². The Morgan fingerprint density at radius 1 is 1.33 bits per heavy atom. The number of rotatable bonds is 5. The van der Waals surface area contributed by atoms with Gasteiger partial charge in [0.15, 0.2) is 0 Å². The van der Waals surface area contributed by atoms with Crippen LogP contribution in [0.3, 0.4) is 0 Å². The van der Waals surface area contributed by atoms with Crippen molar-refractivity contribution in [2.45, 2.75) is 39.7 Å². The van der Waals surface area contributed by atoms with Crippen LogP contribution in [-0.4, -0.2) is 12.6 Å². The van der Waals surface area contributed by atoms with Crippen molar-refractivity contribution >= 4 is 0 Å². The van der Waals surface area contributed by atoms with Gasteiger partial charge >= 0.3 is 0 Å². The van der Waals surface area contributed by atoms with E-state index < -0.39 is 0 Å². The van der Waals surface area contributed by atoms with Crippen LogP contribution in [0.2, 0.25) is 0 Å². The minimum atomic E-state index is 0.266. The van der Waals surface area contributed by atoms with Gasteiger partial charge in [-0.15, -0.1) is 0 Å². The van der Waals surface area contributed by atoms with Crippen LogP contribution in [-0.2, 0) is 6.42 Å². The van der Waals surface area contributed by atoms with E-state index in [0.717, 1.165) is 18.6 Å². The molecule has 2 heteroatoms. The number of ether oxygens (including phenoxy) is 1. The Kier molecular flexibility index (Phi) is 4.63. The van der Waals surface area contributed by atoms with Crippen LogP contribution >= 0.6 is 0 Å². The van der Waals surface area contributed by atoms with E-state index >= 15 is 0 Å². The molecule has 0 radical (unpaired) electrons. The summed E-state index contributed by atoms with van der Waals surface area (Å²) >= 11 is 0. The second-order valence-electron chi connectivity index (χ2n) is 3.91. The van der Waals surface area contributed by atoms with Gasteiger partial charge in [-0.25, -0.2) is 0 Å². The first-order valence-electron chi connectivity index (χ1n) is 5.65. The molecule has 1 aromatic carbocycles. The standard InChI is InChI=1S/C13H21NO/c1-4-12(14)9-11-6-7-13(15-5-2)10(3)8-11/h6-8,12H,4-5,9,14H2,1-3H3. The van der Waals surface area contributed by atoms with Gasteiger partial charge in [0.1, 0.15) is 5.75 Å². The summed E-state index contributed by atoms with van der Waals surface area (Å²) in [5.41, 5.74) is 8.41. The normalized spacial score (nSPS) is 12.5. The maximum absolute atomic E-state index is 5.92. The second-order valence-corrected chi connectivity index (χ2v) is 3.91. The summed E-state index contributed by atoms with van der Waals surface area (Å²) in [5, 5.41) is 0. The van der Waals surface area contributed by atoms with E-state index in [0.29, 0.717) is 6.61 Å². The largest absolute Gasteiger partial charge is 0.494 e. The molecule has 1 unspecified atom stereocenters. The predicted molar refractivity (Wildman–Crippen MR) is 64.3 cm³/mol. The number of benzene rings is 1. The van der Waals surface area contributed by atoms with Crippen molar-refractivity contribution in [2.75, 3.05) is 6.61 Å². The van der Waals surface area contributed by atoms with Gasteiger partial charge in [0.2, 0.25) is 0 Å². The van der Waals surface area contributed by atoms with Gasteiger partial charge in [0, 0.05) is 6.04 Å². The summed E-state index contributed by atoms with van der Waals surface area (Å²) in [6.45, 7) is 6.91. The maximum Gasteiger partial charge on any atom is 0.122 e. The van der Waals surface area contributed by atoms with Crippen molar-refractivity contribution in [1.82, 2.24) is 0 Å². The van der Waals surface area contributed by atoms with Crippen LogP contribution in [0, 0.1) is 6.92 Å². The molecule has 0 spiro atoms. The van der Waals surface area contributed by atoms with E-state index in [1.807, 2.05) is 13.0 Å². The molecule has 1 aromatic rings. The van der Waals surface area contributed by atoms with Crippen LogP contribution in [0.15, 0.2) is 18.2 Å². The fourth-order valence-corrected chi connectivity index (χ4v) is 1.60. The first-order valence-corrected chi connectivity index (χ1v) is 5.65. The first kappa shape index (κ1) is 12.1. The van der Waals surface area contributed by atoms with Gasteiger partial charge in [0.25, 0.3) is 0 Å². The first-order chi connectivity index (χ1) is 7.17. The molecule has 2 nitrogen and oxygen atoms in total. The molecule has 0 heterocycles. The van der Waals surface area contributed by atoms with Crippen molar-refractivity contribution in [3.8, 4) is 5.75 Å². The third-order valence-electron chi connectivity index (χ3n) is 2.56. The lowest BCUT2D eigenvalue weighted by atomic mass is 10.0. The van der Waals surface area contributed by atoms with Gasteiger partial charge < -0.3 is 10.5 Å². The summed E-state index contributed by atoms with van der Waals surface area (Å²) < 4.78 is 5.49. The van der Waals surface area contributed by atoms with E-state index in [2.05, 4.69) is 26.0 Å². The monoisotopic (exact) mass is 207 g/mol. The Labute approximate surface area is 92.4 Å². The van der Waals surface area contributed by atoms with Crippen LogP contribution in [0.1, 0.15) is 31.4 Å². The highest BCUT2D eigenvalue weighted by Crippen LogP contribution is 2.19. The van der Waals surface area contributed by atoms with Crippen LogP contribution < -0.4 is 10.5 Å². The molecule has 0 amide bonds. The molecule has 0 aromatic heterocycles. The van der Waals surface area contributed by atoms with E-state index in [1.165, 1.54) is 11.1 Å². The Bertz CT molecular complexity index is 309. The quantitative estimate of drug-likeness (QED) is 0.805. The fourth-order valence-electron chi connectivity index (χ4n) is 1.60. The SMILES string of the molecule is CCOc1ccc(CC(N)CC)cc1C. The predicted octanol–water partition coefficient (Wildman–Crippen LogP) is 2.67. The van der Waals surface area contributed by atoms with Crippen molar-refractivity contribution in [3.05, 3.63) is 29.3 Å². The van der Waals surface area contributed by atoms with Crippen LogP contribution in [0.4, 0.5) is 0 Å². The highest BCUT2D eigenvalue weighted by Gasteiger charge is 2.04. The average molecular weight is 207 g/mol. The van der Waals surface area contributed by atoms with E-state index in [1.54, 1.807) is 0 Å². The Balaban J connectivity index is 2.73. The summed E-state index contributed by atoms with van der Waals surface area (Å²) in [5.74, 6) is 0.978. The molecule has 0 saturated carbocycles. The van der Waals surface area contributed by atoms with E-state index in [9.17, 15) is 0 Å². The van der Waals surface area contributed by atoms with Crippen molar-refractivity contribution in [2.24, 2.45) is 5.73 Å². The molecule has 84 valence electrons. The number of hydrogen-bond donors (Lipinski definition) is 1. The molecular weight excluding hydrogens is 186 g/mol. The Hall–Kier alpha value is -1.02. The van der Waals surface area contributed by atoms with E-state index in [4.69, 9.17) is 10.5 Å². The van der Waals surface area contributed by atoms with Gasteiger partial charge in [-0.3, -0.25) is 0 Å². The molecule has 1 rings (SSSR count). The molecule has 15 heavy (non-hydrogen) atoms. The molecule has 0 saturated heterocycles. The highest BCUT2D eigenvalue weighted by atomic mass is 16.5. The molecule has 0 bridgehead atoms. The van der Waals surface area contributed by atoms with E-state index in [-0.39, 0.29) is 6.04 Å². The summed E-state index contributed by atoms with van der Waals surface area (Å²) in [4.78, 5) is 0. The van der Waals surface area contributed by atoms with Gasteiger partial charge in [0.05, 0.1) is 6.61 Å². The fraction of sp³-hybridized carbons (Fsp3) is 0.538. The lowest BCUT2D eigenvalue weighted by Gasteiger charge is -2.11. The zero-order valence-corrected chi connectivity index (χ0v) is 9.92. The smallest absolute Gasteiger partial charge is 0.122 e. The van der Waals surface area contributed by atoms with Gasteiger partial charge in [-0.05, 0) is 43.9 Å². The van der Waals surface area contributed by atoms with Gasteiger partial charge in [-0.1, -0.05) is 19.1 Å². The Morgan fingerprint density at radius 3 is 2.60 bits per heavy atom. The molecule has 1 atom stereocenters. The molecular formula is C13H21NO. The molecule has 0 aliphatic carbocycles. The minimum absolute atomic E-state index is 0.266. The van der Waals surface area contributed by atoms with Crippen LogP contribution in [0.5, 0.6) is 5.75 Å². The highest BCUT2D eigenvalue weighted by molar-refractivity contribution is 5.36. The minimum Gasteiger partial charge on any atom is -0.494 e. The van der Waals surface area contributed by atoms with Crippen LogP contribution in [0.25, 0.3) is 0 Å². The zero-order chi connectivity index (χ0) is 11.3. The zero-order valence-electron chi connectivity index (χ0n) is 9.92. The lowest BCUT2D eigenvalue weighted by molar-refractivity contribution is 0.338. The molecule has 0 aliphatic rings. The third kappa shape index (κ3) is 3.56. The Morgan fingerprint density at radius 2 is 2.07 bits per heavy atom. The van der Waals surface area contributed by atoms with Crippen molar-refractivity contribution in [1.29, 1.82) is 0 Å². The maximum atomic E-state index is 5.92. The summed E-state index contributed by atoms with van der Waals surface area (Å²) in [6.07, 6.45) is 1.97. The summed E-state index contributed by atoms with van der Waals surface area (Å²) in [7, 11) is 0. The lowest BCUT2D eigenvalue weighted by Crippen LogP contribution is -2.21. The average Bonchev–Trinajstić information content (AvgIpc) is 2.22. The number of hydrogen-bond acceptors (Lipinski definition) is 2. The third-order valence-corrected chi connectivity index (χ3v) is 2.56. The number of nitrogens with two attached hydrogens (primary N) is 1. The van der Waals surface area contributed by atoms with Gasteiger partial charge in [-0.2, -0.15) is 0 Å².